The Kier molecular flexibility index (Phi) is 3.17. The van der Waals surface area contributed by atoms with E-state index in [1.54, 1.807) is 32.0 Å². The lowest BCUT2D eigenvalue weighted by molar-refractivity contribution is 0.0945. The summed E-state index contributed by atoms with van der Waals surface area (Å²) in [6.45, 7) is 3.82. The number of hydrogen-bond acceptors (Lipinski definition) is 4. The van der Waals surface area contributed by atoms with Gasteiger partial charge in [-0.1, -0.05) is 0 Å². The maximum Gasteiger partial charge on any atom is 0.0992 e. The fourth-order valence-electron chi connectivity index (χ4n) is 1.10. The van der Waals surface area contributed by atoms with Crippen LogP contribution in [0.2, 0.25) is 0 Å². The summed E-state index contributed by atoms with van der Waals surface area (Å²) < 4.78 is 0. The molecular weight excluding hydrogens is 190 g/mol. The van der Waals surface area contributed by atoms with Gasteiger partial charge in [-0.05, 0) is 32.0 Å². The summed E-state index contributed by atoms with van der Waals surface area (Å²) in [6.07, 6.45) is 0. The molecule has 1 aromatic carbocycles. The third-order valence-electron chi connectivity index (χ3n) is 1.89. The van der Waals surface area contributed by atoms with Crippen molar-refractivity contribution in [1.29, 1.82) is 5.26 Å². The molecule has 4 heteroatoms. The minimum atomic E-state index is -0.791. The summed E-state index contributed by atoms with van der Waals surface area (Å²) in [7, 11) is 0. The van der Waals surface area contributed by atoms with Gasteiger partial charge in [-0.25, -0.2) is 0 Å². The predicted molar refractivity (Wildman–Crippen MR) is 60.4 cm³/mol. The molecule has 0 heterocycles. The fraction of sp³-hybridized carbons (Fsp3) is 0.364. The number of aliphatic hydroxyl groups is 1. The van der Waals surface area contributed by atoms with E-state index in [0.29, 0.717) is 17.8 Å². The van der Waals surface area contributed by atoms with Gasteiger partial charge in [0, 0.05) is 6.54 Å². The summed E-state index contributed by atoms with van der Waals surface area (Å²) in [4.78, 5) is 0. The molecule has 1 rings (SSSR count). The van der Waals surface area contributed by atoms with E-state index in [4.69, 9.17) is 11.0 Å². The maximum atomic E-state index is 9.51. The van der Waals surface area contributed by atoms with Crippen LogP contribution in [-0.4, -0.2) is 17.3 Å². The first-order chi connectivity index (χ1) is 6.92. The summed E-state index contributed by atoms with van der Waals surface area (Å²) >= 11 is 0. The first-order valence-corrected chi connectivity index (χ1v) is 4.68. The summed E-state index contributed by atoms with van der Waals surface area (Å²) in [5.74, 6) is 0. The molecule has 0 radical (unpaired) electrons. The van der Waals surface area contributed by atoms with Crippen molar-refractivity contribution in [3.05, 3.63) is 23.8 Å². The summed E-state index contributed by atoms with van der Waals surface area (Å²) in [5, 5.41) is 21.2. The van der Waals surface area contributed by atoms with Crippen molar-refractivity contribution in [1.82, 2.24) is 0 Å². The predicted octanol–water partition coefficient (Wildman–Crippen LogP) is 1.32. The molecule has 0 amide bonds. The van der Waals surface area contributed by atoms with Gasteiger partial charge in [-0.15, -0.1) is 0 Å². The second-order valence-electron chi connectivity index (χ2n) is 4.08. The van der Waals surface area contributed by atoms with E-state index in [1.807, 2.05) is 6.07 Å². The zero-order chi connectivity index (χ0) is 11.5. The van der Waals surface area contributed by atoms with Gasteiger partial charge in [-0.3, -0.25) is 0 Å². The number of anilines is 2. The molecule has 4 N–H and O–H groups in total. The Morgan fingerprint density at radius 3 is 2.67 bits per heavy atom. The molecule has 0 aromatic heterocycles. The van der Waals surface area contributed by atoms with Crippen molar-refractivity contribution in [2.24, 2.45) is 0 Å². The Morgan fingerprint density at radius 2 is 2.20 bits per heavy atom. The van der Waals surface area contributed by atoms with E-state index in [0.717, 1.165) is 5.69 Å². The quantitative estimate of drug-likeness (QED) is 0.650. The number of benzene rings is 1. The Bertz CT molecular complexity index is 388. The first kappa shape index (κ1) is 11.3. The van der Waals surface area contributed by atoms with Crippen molar-refractivity contribution in [3.8, 4) is 6.07 Å². The van der Waals surface area contributed by atoms with Crippen LogP contribution < -0.4 is 11.1 Å². The molecule has 1 aromatic rings. The van der Waals surface area contributed by atoms with Crippen molar-refractivity contribution in [2.45, 2.75) is 19.4 Å². The molecule has 0 fully saturated rings. The largest absolute Gasteiger partial charge is 0.397 e. The van der Waals surface area contributed by atoms with Gasteiger partial charge in [0.25, 0.3) is 0 Å². The van der Waals surface area contributed by atoms with E-state index >= 15 is 0 Å². The molecule has 0 bridgehead atoms. The second-order valence-corrected chi connectivity index (χ2v) is 4.08. The lowest BCUT2D eigenvalue weighted by Gasteiger charge is -2.19. The zero-order valence-electron chi connectivity index (χ0n) is 8.91. The Labute approximate surface area is 89.3 Å². The molecule has 4 nitrogen and oxygen atoms in total. The Hall–Kier alpha value is -1.73. The van der Waals surface area contributed by atoms with Gasteiger partial charge in [0.2, 0.25) is 0 Å². The summed E-state index contributed by atoms with van der Waals surface area (Å²) in [6, 6.07) is 7.03. The van der Waals surface area contributed by atoms with Crippen LogP contribution in [0, 0.1) is 11.3 Å². The topological polar surface area (TPSA) is 82.1 Å². The zero-order valence-corrected chi connectivity index (χ0v) is 8.91. The van der Waals surface area contributed by atoms with Crippen molar-refractivity contribution >= 4 is 11.4 Å². The SMILES string of the molecule is CC(C)(O)CNc1ccc(C#N)cc1N. The molecule has 0 saturated carbocycles. The number of nitrogen functional groups attached to an aromatic ring is 1. The molecule has 0 aliphatic rings. The standard InChI is InChI=1S/C11H15N3O/c1-11(2,15)7-14-10-4-3-8(6-12)5-9(10)13/h3-5,14-15H,7,13H2,1-2H3. The van der Waals surface area contributed by atoms with Gasteiger partial charge in [0.15, 0.2) is 0 Å². The second kappa shape index (κ2) is 4.20. The fourth-order valence-corrected chi connectivity index (χ4v) is 1.10. The van der Waals surface area contributed by atoms with E-state index in [-0.39, 0.29) is 0 Å². The van der Waals surface area contributed by atoms with Crippen LogP contribution >= 0.6 is 0 Å². The van der Waals surface area contributed by atoms with Crippen LogP contribution in [0.25, 0.3) is 0 Å². The van der Waals surface area contributed by atoms with Gasteiger partial charge >= 0.3 is 0 Å². The van der Waals surface area contributed by atoms with E-state index < -0.39 is 5.60 Å². The van der Waals surface area contributed by atoms with Crippen LogP contribution in [0.1, 0.15) is 19.4 Å². The number of nitrogens with two attached hydrogens (primary N) is 1. The van der Waals surface area contributed by atoms with Crippen LogP contribution in [0.15, 0.2) is 18.2 Å². The number of nitrogens with one attached hydrogen (secondary N) is 1. The lowest BCUT2D eigenvalue weighted by atomic mass is 10.1. The highest BCUT2D eigenvalue weighted by atomic mass is 16.3. The molecule has 0 saturated heterocycles. The molecule has 0 atom stereocenters. The van der Waals surface area contributed by atoms with Crippen molar-refractivity contribution < 1.29 is 5.11 Å². The molecule has 0 aliphatic heterocycles. The summed E-state index contributed by atoms with van der Waals surface area (Å²) in [5.41, 5.74) is 6.71. The van der Waals surface area contributed by atoms with Crippen molar-refractivity contribution in [2.75, 3.05) is 17.6 Å². The average Bonchev–Trinajstić information content (AvgIpc) is 2.14. The number of hydrogen-bond donors (Lipinski definition) is 3. The monoisotopic (exact) mass is 205 g/mol. The van der Waals surface area contributed by atoms with Crippen LogP contribution in [0.5, 0.6) is 0 Å². The Morgan fingerprint density at radius 1 is 1.53 bits per heavy atom. The molecule has 15 heavy (non-hydrogen) atoms. The Balaban J connectivity index is 2.76. The maximum absolute atomic E-state index is 9.51. The molecule has 80 valence electrons. The molecule has 0 unspecified atom stereocenters. The smallest absolute Gasteiger partial charge is 0.0992 e. The lowest BCUT2D eigenvalue weighted by Crippen LogP contribution is -2.29. The highest BCUT2D eigenvalue weighted by Gasteiger charge is 2.12. The van der Waals surface area contributed by atoms with Crippen molar-refractivity contribution in [3.63, 3.8) is 0 Å². The molecule has 0 spiro atoms. The minimum Gasteiger partial charge on any atom is -0.397 e. The highest BCUT2D eigenvalue weighted by Crippen LogP contribution is 2.20. The average molecular weight is 205 g/mol. The normalized spacial score (nSPS) is 10.8. The van der Waals surface area contributed by atoms with Gasteiger partial charge in [-0.2, -0.15) is 5.26 Å². The number of nitrogens with zero attached hydrogens (tertiary/aromatic N) is 1. The van der Waals surface area contributed by atoms with Crippen LogP contribution in [0.3, 0.4) is 0 Å². The van der Waals surface area contributed by atoms with E-state index in [9.17, 15) is 5.11 Å². The number of nitriles is 1. The first-order valence-electron chi connectivity index (χ1n) is 4.68. The molecular formula is C11H15N3O. The van der Waals surface area contributed by atoms with Gasteiger partial charge in [0.1, 0.15) is 0 Å². The van der Waals surface area contributed by atoms with Crippen LogP contribution in [-0.2, 0) is 0 Å². The number of rotatable bonds is 3. The van der Waals surface area contributed by atoms with Gasteiger partial charge < -0.3 is 16.2 Å². The highest BCUT2D eigenvalue weighted by molar-refractivity contribution is 5.68. The minimum absolute atomic E-state index is 0.406. The van der Waals surface area contributed by atoms with E-state index in [2.05, 4.69) is 5.32 Å². The molecule has 0 aliphatic carbocycles. The van der Waals surface area contributed by atoms with Gasteiger partial charge in [0.05, 0.1) is 28.6 Å². The third kappa shape index (κ3) is 3.49. The van der Waals surface area contributed by atoms with E-state index in [1.165, 1.54) is 0 Å². The van der Waals surface area contributed by atoms with Crippen LogP contribution in [0.4, 0.5) is 11.4 Å². The third-order valence-corrected chi connectivity index (χ3v) is 1.89.